The first kappa shape index (κ1) is 12.3. The summed E-state index contributed by atoms with van der Waals surface area (Å²) in [5.74, 6) is -0.0170. The number of halogens is 2. The van der Waals surface area contributed by atoms with Crippen molar-refractivity contribution in [3.8, 4) is 0 Å². The Labute approximate surface area is 108 Å². The molecule has 90 valence electrons. The minimum atomic E-state index is -0.325. The lowest BCUT2D eigenvalue weighted by Crippen LogP contribution is -2.15. The van der Waals surface area contributed by atoms with Crippen LogP contribution in [0.15, 0.2) is 34.8 Å². The van der Waals surface area contributed by atoms with Crippen molar-refractivity contribution in [2.45, 2.75) is 19.3 Å². The fraction of sp³-hybridized carbons (Fsp3) is 0.308. The first-order valence-corrected chi connectivity index (χ1v) is 6.36. The van der Waals surface area contributed by atoms with Gasteiger partial charge < -0.3 is 5.32 Å². The van der Waals surface area contributed by atoms with Gasteiger partial charge in [0.1, 0.15) is 5.82 Å². The van der Waals surface area contributed by atoms with Crippen LogP contribution in [0.5, 0.6) is 0 Å². The minimum absolute atomic E-state index is 0.0335. The van der Waals surface area contributed by atoms with E-state index in [2.05, 4.69) is 33.4 Å². The number of amides is 1. The van der Waals surface area contributed by atoms with Gasteiger partial charge in [0.25, 0.3) is 0 Å². The third-order valence-electron chi connectivity index (χ3n) is 2.77. The van der Waals surface area contributed by atoms with E-state index in [4.69, 9.17) is 0 Å². The predicted molar refractivity (Wildman–Crippen MR) is 69.2 cm³/mol. The van der Waals surface area contributed by atoms with E-state index < -0.39 is 0 Å². The molecule has 0 fully saturated rings. The summed E-state index contributed by atoms with van der Waals surface area (Å²) in [6.45, 7) is 0. The Balaban J connectivity index is 1.95. The number of rotatable bonds is 3. The van der Waals surface area contributed by atoms with Crippen molar-refractivity contribution in [1.29, 1.82) is 0 Å². The van der Waals surface area contributed by atoms with E-state index in [1.165, 1.54) is 12.1 Å². The first-order chi connectivity index (χ1) is 8.15. The van der Waals surface area contributed by atoms with Crippen molar-refractivity contribution in [2.75, 3.05) is 5.32 Å². The Bertz CT molecular complexity index is 459. The van der Waals surface area contributed by atoms with Crippen molar-refractivity contribution >= 4 is 27.5 Å². The number of carbonyl (C=O) groups is 1. The van der Waals surface area contributed by atoms with Gasteiger partial charge in [0.2, 0.25) is 5.91 Å². The Morgan fingerprint density at radius 2 is 2.35 bits per heavy atom. The average molecular weight is 298 g/mol. The average Bonchev–Trinajstić information content (AvgIpc) is 2.75. The predicted octanol–water partition coefficient (Wildman–Crippen LogP) is 3.88. The van der Waals surface area contributed by atoms with E-state index >= 15 is 0 Å². The monoisotopic (exact) mass is 297 g/mol. The topological polar surface area (TPSA) is 29.1 Å². The second-order valence-electron chi connectivity index (χ2n) is 4.14. The van der Waals surface area contributed by atoms with E-state index in [1.54, 1.807) is 6.07 Å². The van der Waals surface area contributed by atoms with Gasteiger partial charge in [-0.05, 0) is 52.9 Å². The highest BCUT2D eigenvalue weighted by atomic mass is 79.9. The Morgan fingerprint density at radius 3 is 3.00 bits per heavy atom. The number of hydrogen-bond acceptors (Lipinski definition) is 1. The largest absolute Gasteiger partial charge is 0.325 e. The smallest absolute Gasteiger partial charge is 0.224 e. The summed E-state index contributed by atoms with van der Waals surface area (Å²) in [6.07, 6.45) is 6.77. The van der Waals surface area contributed by atoms with Crippen LogP contribution in [-0.2, 0) is 4.79 Å². The molecule has 1 unspecified atom stereocenters. The van der Waals surface area contributed by atoms with Crippen molar-refractivity contribution in [1.82, 2.24) is 0 Å². The summed E-state index contributed by atoms with van der Waals surface area (Å²) in [6, 6.07) is 4.22. The summed E-state index contributed by atoms with van der Waals surface area (Å²) in [5.41, 5.74) is 0.610. The number of allylic oxidation sites excluding steroid dienone is 2. The molecule has 0 radical (unpaired) electrons. The van der Waals surface area contributed by atoms with Gasteiger partial charge in [-0.25, -0.2) is 4.39 Å². The molecule has 2 rings (SSSR count). The van der Waals surface area contributed by atoms with E-state index in [9.17, 15) is 9.18 Å². The third-order valence-corrected chi connectivity index (χ3v) is 3.42. The molecular formula is C13H13BrFNO. The Hall–Kier alpha value is -1.16. The van der Waals surface area contributed by atoms with Gasteiger partial charge in [-0.1, -0.05) is 12.2 Å². The Morgan fingerprint density at radius 1 is 1.53 bits per heavy atom. The van der Waals surface area contributed by atoms with Gasteiger partial charge in [0.05, 0.1) is 5.69 Å². The highest BCUT2D eigenvalue weighted by molar-refractivity contribution is 9.10. The summed E-state index contributed by atoms with van der Waals surface area (Å²) >= 11 is 3.22. The standard InChI is InChI=1S/C13H13BrFNO/c14-11-8-10(15)5-6-12(11)16-13(17)7-9-3-1-2-4-9/h1,3,5-6,8-9H,2,4,7H2,(H,16,17). The molecule has 0 saturated heterocycles. The highest BCUT2D eigenvalue weighted by Gasteiger charge is 2.14. The second kappa shape index (κ2) is 5.45. The molecule has 0 aliphatic heterocycles. The molecule has 0 saturated carbocycles. The minimum Gasteiger partial charge on any atom is -0.325 e. The molecule has 0 aromatic heterocycles. The molecule has 1 aliphatic rings. The van der Waals surface area contributed by atoms with Crippen molar-refractivity contribution < 1.29 is 9.18 Å². The van der Waals surface area contributed by atoms with Gasteiger partial charge in [0, 0.05) is 10.9 Å². The number of carbonyl (C=O) groups excluding carboxylic acids is 1. The van der Waals surface area contributed by atoms with Crippen LogP contribution < -0.4 is 5.32 Å². The molecule has 1 N–H and O–H groups in total. The van der Waals surface area contributed by atoms with Crippen LogP contribution in [0, 0.1) is 11.7 Å². The van der Waals surface area contributed by atoms with Crippen molar-refractivity contribution in [3.63, 3.8) is 0 Å². The SMILES string of the molecule is O=C(CC1C=CCC1)Nc1ccc(F)cc1Br. The number of anilines is 1. The molecule has 0 heterocycles. The maximum Gasteiger partial charge on any atom is 0.224 e. The molecule has 0 spiro atoms. The molecule has 1 amide bonds. The van der Waals surface area contributed by atoms with Crippen LogP contribution in [-0.4, -0.2) is 5.91 Å². The molecule has 17 heavy (non-hydrogen) atoms. The zero-order valence-corrected chi connectivity index (χ0v) is 10.8. The highest BCUT2D eigenvalue weighted by Crippen LogP contribution is 2.25. The maximum atomic E-state index is 12.9. The first-order valence-electron chi connectivity index (χ1n) is 5.57. The molecule has 1 aromatic carbocycles. The lowest BCUT2D eigenvalue weighted by molar-refractivity contribution is -0.116. The molecule has 0 bridgehead atoms. The van der Waals surface area contributed by atoms with Crippen LogP contribution in [0.4, 0.5) is 10.1 Å². The Kier molecular flexibility index (Phi) is 3.94. The van der Waals surface area contributed by atoms with Crippen LogP contribution in [0.3, 0.4) is 0 Å². The summed E-state index contributed by atoms with van der Waals surface area (Å²) in [5, 5.41) is 2.78. The molecule has 1 aliphatic carbocycles. The van der Waals surface area contributed by atoms with Gasteiger partial charge in [-0.3, -0.25) is 4.79 Å². The molecule has 1 atom stereocenters. The quantitative estimate of drug-likeness (QED) is 0.843. The zero-order chi connectivity index (χ0) is 12.3. The maximum absolute atomic E-state index is 12.9. The zero-order valence-electron chi connectivity index (χ0n) is 9.25. The third kappa shape index (κ3) is 3.40. The number of benzene rings is 1. The van der Waals surface area contributed by atoms with Crippen LogP contribution in [0.2, 0.25) is 0 Å². The summed E-state index contributed by atoms with van der Waals surface area (Å²) in [4.78, 5) is 11.7. The van der Waals surface area contributed by atoms with Gasteiger partial charge in [-0.15, -0.1) is 0 Å². The normalized spacial score (nSPS) is 18.4. The summed E-state index contributed by atoms with van der Waals surface area (Å²) in [7, 11) is 0. The van der Waals surface area contributed by atoms with Gasteiger partial charge in [0.15, 0.2) is 0 Å². The molecular weight excluding hydrogens is 285 g/mol. The van der Waals surface area contributed by atoms with Crippen LogP contribution in [0.1, 0.15) is 19.3 Å². The molecule has 2 nitrogen and oxygen atoms in total. The van der Waals surface area contributed by atoms with Crippen molar-refractivity contribution in [3.05, 3.63) is 40.6 Å². The van der Waals surface area contributed by atoms with Gasteiger partial charge in [-0.2, -0.15) is 0 Å². The van der Waals surface area contributed by atoms with Crippen LogP contribution in [0.25, 0.3) is 0 Å². The van der Waals surface area contributed by atoms with Gasteiger partial charge >= 0.3 is 0 Å². The molecule has 4 heteroatoms. The fourth-order valence-electron chi connectivity index (χ4n) is 1.90. The van der Waals surface area contributed by atoms with E-state index in [0.717, 1.165) is 12.8 Å². The number of hydrogen-bond donors (Lipinski definition) is 1. The lowest BCUT2D eigenvalue weighted by Gasteiger charge is -2.10. The lowest BCUT2D eigenvalue weighted by atomic mass is 10.1. The van der Waals surface area contributed by atoms with E-state index in [-0.39, 0.29) is 11.7 Å². The second-order valence-corrected chi connectivity index (χ2v) is 5.00. The summed E-state index contributed by atoms with van der Waals surface area (Å²) < 4.78 is 13.4. The van der Waals surface area contributed by atoms with E-state index in [0.29, 0.717) is 22.5 Å². The molecule has 1 aromatic rings. The van der Waals surface area contributed by atoms with Crippen molar-refractivity contribution in [2.24, 2.45) is 5.92 Å². The fourth-order valence-corrected chi connectivity index (χ4v) is 2.35. The van der Waals surface area contributed by atoms with E-state index in [1.807, 2.05) is 0 Å². The number of nitrogens with one attached hydrogen (secondary N) is 1. The van der Waals surface area contributed by atoms with Crippen LogP contribution >= 0.6 is 15.9 Å².